The fourth-order valence-electron chi connectivity index (χ4n) is 4.16. The molecule has 6 rings (SSSR count). The van der Waals surface area contributed by atoms with Gasteiger partial charge in [0.15, 0.2) is 17.3 Å². The number of ether oxygens (including phenoxy) is 1. The summed E-state index contributed by atoms with van der Waals surface area (Å²) in [6.07, 6.45) is 5.80. The molecule has 0 radical (unpaired) electrons. The van der Waals surface area contributed by atoms with Crippen LogP contribution in [0.15, 0.2) is 96.0 Å². The highest BCUT2D eigenvalue weighted by atomic mass is 16.6. The number of nitrogens with two attached hydrogens (primary N) is 1. The molecule has 11 nitrogen and oxygen atoms in total. The lowest BCUT2D eigenvalue weighted by Crippen LogP contribution is -2.25. The summed E-state index contributed by atoms with van der Waals surface area (Å²) in [5.41, 5.74) is 9.98. The quantitative estimate of drug-likeness (QED) is 0.302. The molecule has 3 N–H and O–H groups in total. The summed E-state index contributed by atoms with van der Waals surface area (Å²) in [4.78, 5) is 25.9. The van der Waals surface area contributed by atoms with Gasteiger partial charge in [-0.05, 0) is 58.7 Å². The fourth-order valence-corrected chi connectivity index (χ4v) is 4.16. The maximum absolute atomic E-state index is 12.7. The predicted octanol–water partition coefficient (Wildman–Crippen LogP) is 4.21. The number of aromatic nitrogens is 6. The van der Waals surface area contributed by atoms with Crippen LogP contribution in [0.25, 0.3) is 28.2 Å². The average molecular weight is 519 g/mol. The first-order valence-corrected chi connectivity index (χ1v) is 12.1. The third-order valence-corrected chi connectivity index (χ3v) is 6.00. The number of hydrogen-bond donors (Lipinski definition) is 2. The number of carbonyl (C=O) groups excluding carboxylic acids is 1. The zero-order chi connectivity index (χ0) is 26.6. The zero-order valence-electron chi connectivity index (χ0n) is 20.6. The molecule has 0 atom stereocenters. The number of carbonyl (C=O) groups is 1. The molecule has 4 aromatic heterocycles. The van der Waals surface area contributed by atoms with Crippen LogP contribution in [0, 0.1) is 0 Å². The zero-order valence-corrected chi connectivity index (χ0v) is 20.6. The smallest absolute Gasteiger partial charge is 0.251 e. The molecule has 0 aliphatic carbocycles. The number of para-hydroxylation sites is 1. The topological polar surface area (TPSA) is 147 Å². The number of benzene rings is 2. The van der Waals surface area contributed by atoms with Gasteiger partial charge in [0.25, 0.3) is 5.91 Å². The van der Waals surface area contributed by atoms with E-state index in [4.69, 9.17) is 15.1 Å². The molecule has 6 aromatic rings. The highest BCUT2D eigenvalue weighted by Gasteiger charge is 2.21. The van der Waals surface area contributed by atoms with Crippen LogP contribution in [-0.4, -0.2) is 42.3 Å². The van der Waals surface area contributed by atoms with Crippen molar-refractivity contribution in [1.82, 2.24) is 35.1 Å². The van der Waals surface area contributed by atoms with Crippen molar-refractivity contribution in [3.8, 4) is 28.8 Å². The molecule has 0 unspecified atom stereocenters. The Hall–Kier alpha value is -5.58. The van der Waals surface area contributed by atoms with Crippen LogP contribution in [0.4, 0.5) is 5.82 Å². The van der Waals surface area contributed by atoms with Gasteiger partial charge < -0.3 is 15.8 Å². The van der Waals surface area contributed by atoms with Gasteiger partial charge in [-0.15, -0.1) is 0 Å². The third kappa shape index (κ3) is 5.01. The maximum Gasteiger partial charge on any atom is 0.251 e. The van der Waals surface area contributed by atoms with E-state index in [0.717, 1.165) is 11.3 Å². The number of pyridine rings is 2. The largest absolute Gasteiger partial charge is 0.439 e. The van der Waals surface area contributed by atoms with Gasteiger partial charge >= 0.3 is 0 Å². The van der Waals surface area contributed by atoms with Crippen molar-refractivity contribution in [3.05, 3.63) is 103 Å². The second kappa shape index (κ2) is 10.4. The summed E-state index contributed by atoms with van der Waals surface area (Å²) in [6.45, 7) is 0.491. The number of fused-ring (bicyclic) bond motifs is 1. The Bertz CT molecular complexity index is 1750. The number of anilines is 1. The van der Waals surface area contributed by atoms with Gasteiger partial charge in [0.2, 0.25) is 5.88 Å². The number of imidazole rings is 1. The molecule has 0 saturated heterocycles. The molecule has 0 saturated carbocycles. The van der Waals surface area contributed by atoms with E-state index < -0.39 is 0 Å². The molecule has 39 heavy (non-hydrogen) atoms. The van der Waals surface area contributed by atoms with Gasteiger partial charge in [0, 0.05) is 36.3 Å². The maximum atomic E-state index is 12.7. The summed E-state index contributed by atoms with van der Waals surface area (Å²) in [7, 11) is 0. The Labute approximate surface area is 222 Å². The van der Waals surface area contributed by atoms with Crippen molar-refractivity contribution in [3.63, 3.8) is 0 Å². The molecular formula is C28H22N8O3. The van der Waals surface area contributed by atoms with E-state index in [-0.39, 0.29) is 11.7 Å². The molecule has 0 fully saturated rings. The minimum absolute atomic E-state index is 0.127. The van der Waals surface area contributed by atoms with Crippen molar-refractivity contribution >= 4 is 22.8 Å². The van der Waals surface area contributed by atoms with Gasteiger partial charge in [0.05, 0.1) is 11.7 Å². The fraction of sp³-hybridized carbons (Fsp3) is 0.0714. The van der Waals surface area contributed by atoms with Crippen LogP contribution in [0.1, 0.15) is 15.9 Å². The van der Waals surface area contributed by atoms with Crippen molar-refractivity contribution < 1.29 is 14.2 Å². The summed E-state index contributed by atoms with van der Waals surface area (Å²) in [6, 6.07) is 22.2. The highest BCUT2D eigenvalue weighted by molar-refractivity contribution is 5.94. The van der Waals surface area contributed by atoms with Crippen LogP contribution in [0.2, 0.25) is 0 Å². The first-order valence-electron chi connectivity index (χ1n) is 12.1. The van der Waals surface area contributed by atoms with Gasteiger partial charge in [-0.25, -0.2) is 14.6 Å². The van der Waals surface area contributed by atoms with Gasteiger partial charge in [-0.3, -0.25) is 14.3 Å². The second-order valence-corrected chi connectivity index (χ2v) is 8.61. The molecule has 1 amide bonds. The van der Waals surface area contributed by atoms with Crippen LogP contribution in [0.3, 0.4) is 0 Å². The highest BCUT2D eigenvalue weighted by Crippen LogP contribution is 2.32. The lowest BCUT2D eigenvalue weighted by molar-refractivity contribution is 0.0954. The Kier molecular flexibility index (Phi) is 6.36. The van der Waals surface area contributed by atoms with Crippen LogP contribution in [-0.2, 0) is 6.42 Å². The minimum Gasteiger partial charge on any atom is -0.439 e. The monoisotopic (exact) mass is 518 g/mol. The second-order valence-electron chi connectivity index (χ2n) is 8.61. The van der Waals surface area contributed by atoms with E-state index in [1.54, 1.807) is 48.9 Å². The normalized spacial score (nSPS) is 11.0. The van der Waals surface area contributed by atoms with E-state index >= 15 is 0 Å². The molecule has 2 aromatic carbocycles. The molecular weight excluding hydrogens is 496 g/mol. The molecule has 192 valence electrons. The summed E-state index contributed by atoms with van der Waals surface area (Å²) < 4.78 is 12.7. The van der Waals surface area contributed by atoms with E-state index in [9.17, 15) is 4.79 Å². The van der Waals surface area contributed by atoms with E-state index in [2.05, 4.69) is 30.6 Å². The first-order chi connectivity index (χ1) is 19.2. The SMILES string of the molecule is Nc1nonc1-c1nc2cnc(Oc3cccc(C(=O)NCCc4cccnc4)c3)cc2n1-c1ccccc1. The molecule has 11 heteroatoms. The third-order valence-electron chi connectivity index (χ3n) is 6.00. The summed E-state index contributed by atoms with van der Waals surface area (Å²) in [5.74, 6) is 1.18. The van der Waals surface area contributed by atoms with E-state index in [1.165, 1.54) is 0 Å². The van der Waals surface area contributed by atoms with Crippen molar-refractivity contribution in [2.45, 2.75) is 6.42 Å². The van der Waals surface area contributed by atoms with Gasteiger partial charge in [0.1, 0.15) is 11.3 Å². The van der Waals surface area contributed by atoms with Crippen molar-refractivity contribution in [1.29, 1.82) is 0 Å². The summed E-state index contributed by atoms with van der Waals surface area (Å²) >= 11 is 0. The standard InChI is InChI=1S/C28H22N8O3/c29-26-25(34-39-35-26)27-33-22-17-32-24(15-23(22)36(27)20-8-2-1-3-9-20)38-21-10-4-7-19(14-21)28(37)31-13-11-18-6-5-12-30-16-18/h1-10,12,14-17H,11,13H2,(H2,29,35)(H,31,37). The van der Waals surface area contributed by atoms with Gasteiger partial charge in [-0.2, -0.15) is 0 Å². The van der Waals surface area contributed by atoms with Crippen LogP contribution < -0.4 is 15.8 Å². The molecule has 0 bridgehead atoms. The lowest BCUT2D eigenvalue weighted by Gasteiger charge is -2.10. The predicted molar refractivity (Wildman–Crippen MR) is 143 cm³/mol. The number of rotatable bonds is 8. The van der Waals surface area contributed by atoms with E-state index in [0.29, 0.717) is 52.7 Å². The molecule has 0 aliphatic heterocycles. The minimum atomic E-state index is -0.196. The Morgan fingerprint density at radius 3 is 2.69 bits per heavy atom. The Morgan fingerprint density at radius 1 is 1.00 bits per heavy atom. The van der Waals surface area contributed by atoms with Crippen molar-refractivity contribution in [2.24, 2.45) is 0 Å². The van der Waals surface area contributed by atoms with Gasteiger partial charge in [-0.1, -0.05) is 30.3 Å². The Balaban J connectivity index is 1.26. The number of amides is 1. The molecule has 4 heterocycles. The number of hydrogen-bond acceptors (Lipinski definition) is 9. The summed E-state index contributed by atoms with van der Waals surface area (Å²) in [5, 5.41) is 10.6. The van der Waals surface area contributed by atoms with Crippen molar-refractivity contribution in [2.75, 3.05) is 12.3 Å². The Morgan fingerprint density at radius 2 is 1.90 bits per heavy atom. The average Bonchev–Trinajstić information content (AvgIpc) is 3.57. The van der Waals surface area contributed by atoms with E-state index in [1.807, 2.05) is 47.0 Å². The van der Waals surface area contributed by atoms with Crippen LogP contribution in [0.5, 0.6) is 11.6 Å². The lowest BCUT2D eigenvalue weighted by atomic mass is 10.2. The number of nitrogen functional groups attached to an aromatic ring is 1. The number of nitrogens with one attached hydrogen (secondary N) is 1. The molecule has 0 aliphatic rings. The first kappa shape index (κ1) is 23.8. The molecule has 0 spiro atoms. The van der Waals surface area contributed by atoms with Crippen LogP contribution >= 0.6 is 0 Å². The number of nitrogens with zero attached hydrogens (tertiary/aromatic N) is 6.